The van der Waals surface area contributed by atoms with Crippen LogP contribution in [0.5, 0.6) is 0 Å². The van der Waals surface area contributed by atoms with Crippen LogP contribution < -0.4 is 0 Å². The summed E-state index contributed by atoms with van der Waals surface area (Å²) in [6, 6.07) is 68.5. The van der Waals surface area contributed by atoms with Crippen LogP contribution in [-0.4, -0.2) is 19.5 Å². The Morgan fingerprint density at radius 2 is 0.857 bits per heavy atom. The molecule has 3 heterocycles. The second-order valence-corrected chi connectivity index (χ2v) is 15.1. The zero-order valence-electron chi connectivity index (χ0n) is 30.2. The molecule has 0 fully saturated rings. The van der Waals surface area contributed by atoms with Crippen molar-refractivity contribution in [2.75, 3.05) is 0 Å². The number of thiophene rings is 1. The molecule has 0 spiro atoms. The Bertz CT molecular complexity index is 3220. The number of benzene rings is 8. The Kier molecular flexibility index (Phi) is 7.64. The topological polar surface area (TPSA) is 43.6 Å². The van der Waals surface area contributed by atoms with E-state index in [0.29, 0.717) is 17.5 Å². The van der Waals surface area contributed by atoms with Crippen molar-refractivity contribution in [2.45, 2.75) is 0 Å². The minimum atomic E-state index is 0.631. The van der Waals surface area contributed by atoms with Crippen molar-refractivity contribution in [2.24, 2.45) is 0 Å². The lowest BCUT2D eigenvalue weighted by atomic mass is 9.99. The third kappa shape index (κ3) is 5.48. The highest BCUT2D eigenvalue weighted by molar-refractivity contribution is 7.25. The number of hydrogen-bond acceptors (Lipinski definition) is 4. The predicted octanol–water partition coefficient (Wildman–Crippen LogP) is 13.7. The van der Waals surface area contributed by atoms with E-state index < -0.39 is 0 Å². The molecule has 0 N–H and O–H groups in total. The summed E-state index contributed by atoms with van der Waals surface area (Å²) in [6.45, 7) is 0. The van der Waals surface area contributed by atoms with Gasteiger partial charge in [0.05, 0.1) is 11.0 Å². The molecule has 5 heteroatoms. The highest BCUT2D eigenvalue weighted by Crippen LogP contribution is 2.39. The molecule has 4 nitrogen and oxygen atoms in total. The van der Waals surface area contributed by atoms with Crippen molar-refractivity contribution in [3.8, 4) is 62.1 Å². The SMILES string of the molecule is c1ccc(-c2nc(-c3ccc(-c4ccc(-c5ccc6c(c5)sc5ccccc56)cc4)cc3)nc(-c3cccc4c5ccccc5n(-c5ccccc5)c34)n2)cc1. The van der Waals surface area contributed by atoms with Crippen LogP contribution >= 0.6 is 11.3 Å². The molecule has 0 atom stereocenters. The molecule has 0 unspecified atom stereocenters. The van der Waals surface area contributed by atoms with Gasteiger partial charge in [0.1, 0.15) is 0 Å². The highest BCUT2D eigenvalue weighted by atomic mass is 32.1. The summed E-state index contributed by atoms with van der Waals surface area (Å²) >= 11 is 1.85. The fraction of sp³-hybridized carbons (Fsp3) is 0. The maximum absolute atomic E-state index is 5.20. The van der Waals surface area contributed by atoms with Crippen LogP contribution in [0.25, 0.3) is 104 Å². The smallest absolute Gasteiger partial charge is 0.166 e. The Hall–Kier alpha value is -7.21. The van der Waals surface area contributed by atoms with Crippen molar-refractivity contribution in [3.05, 3.63) is 194 Å². The fourth-order valence-corrected chi connectivity index (χ4v) is 9.10. The number of hydrogen-bond donors (Lipinski definition) is 0. The molecule has 11 aromatic rings. The van der Waals surface area contributed by atoms with Crippen LogP contribution in [0, 0.1) is 0 Å². The molecule has 0 saturated carbocycles. The van der Waals surface area contributed by atoms with Crippen LogP contribution in [0.3, 0.4) is 0 Å². The Morgan fingerprint density at radius 1 is 0.339 bits per heavy atom. The van der Waals surface area contributed by atoms with Gasteiger partial charge >= 0.3 is 0 Å². The summed E-state index contributed by atoms with van der Waals surface area (Å²) in [5.74, 6) is 1.90. The van der Waals surface area contributed by atoms with E-state index in [4.69, 9.17) is 15.0 Å². The zero-order chi connectivity index (χ0) is 37.0. The van der Waals surface area contributed by atoms with Gasteiger partial charge in [0, 0.05) is 53.3 Å². The second kappa shape index (κ2) is 13.3. The van der Waals surface area contributed by atoms with E-state index in [-0.39, 0.29) is 0 Å². The average Bonchev–Trinajstić information content (AvgIpc) is 3.82. The normalized spacial score (nSPS) is 11.6. The molecule has 0 aliphatic heterocycles. The first-order chi connectivity index (χ1) is 27.7. The number of aromatic nitrogens is 4. The zero-order valence-corrected chi connectivity index (χ0v) is 31.0. The highest BCUT2D eigenvalue weighted by Gasteiger charge is 2.20. The number of nitrogens with zero attached hydrogens (tertiary/aromatic N) is 4. The molecule has 0 bridgehead atoms. The maximum atomic E-state index is 5.20. The number of rotatable bonds is 6. The molecular formula is C51H32N4S. The fourth-order valence-electron chi connectivity index (χ4n) is 7.96. The van der Waals surface area contributed by atoms with E-state index in [0.717, 1.165) is 49.9 Å². The Morgan fingerprint density at radius 3 is 1.59 bits per heavy atom. The molecule has 56 heavy (non-hydrogen) atoms. The molecule has 0 radical (unpaired) electrons. The summed E-state index contributed by atoms with van der Waals surface area (Å²) in [4.78, 5) is 15.4. The van der Waals surface area contributed by atoms with Crippen LogP contribution in [-0.2, 0) is 0 Å². The van der Waals surface area contributed by atoms with E-state index >= 15 is 0 Å². The van der Waals surface area contributed by atoms with Crippen LogP contribution in [0.15, 0.2) is 194 Å². The lowest BCUT2D eigenvalue weighted by Gasteiger charge is -2.13. The molecule has 8 aromatic carbocycles. The van der Waals surface area contributed by atoms with E-state index in [2.05, 4.69) is 180 Å². The van der Waals surface area contributed by atoms with Crippen LogP contribution in [0.1, 0.15) is 0 Å². The average molecular weight is 733 g/mol. The van der Waals surface area contributed by atoms with E-state index in [1.807, 2.05) is 29.5 Å². The molecule has 3 aromatic heterocycles. The van der Waals surface area contributed by atoms with Crippen molar-refractivity contribution >= 4 is 53.3 Å². The molecule has 0 amide bonds. The van der Waals surface area contributed by atoms with E-state index in [9.17, 15) is 0 Å². The van der Waals surface area contributed by atoms with Gasteiger partial charge in [-0.2, -0.15) is 0 Å². The molecule has 0 saturated heterocycles. The largest absolute Gasteiger partial charge is 0.309 e. The summed E-state index contributed by atoms with van der Waals surface area (Å²) in [6.07, 6.45) is 0. The van der Waals surface area contributed by atoms with Gasteiger partial charge in [-0.05, 0) is 58.7 Å². The minimum absolute atomic E-state index is 0.631. The van der Waals surface area contributed by atoms with Gasteiger partial charge in [-0.25, -0.2) is 15.0 Å². The first-order valence-electron chi connectivity index (χ1n) is 18.8. The second-order valence-electron chi connectivity index (χ2n) is 14.0. The standard InChI is InChI=1S/C51H32N4S/c1-3-12-36(13-4-1)49-52-50(54-51(53-49)44-19-11-18-43-40-16-7-9-20-45(40)55(48(43)44)39-14-5-2-6-15-39)37-28-26-34(27-29-37)33-22-24-35(25-23-33)38-30-31-42-41-17-8-10-21-46(41)56-47(42)32-38/h1-32H. The van der Waals surface area contributed by atoms with Gasteiger partial charge in [0.2, 0.25) is 0 Å². The summed E-state index contributed by atoms with van der Waals surface area (Å²) in [7, 11) is 0. The predicted molar refractivity (Wildman–Crippen MR) is 234 cm³/mol. The van der Waals surface area contributed by atoms with Gasteiger partial charge in [0.25, 0.3) is 0 Å². The molecule has 0 aliphatic carbocycles. The van der Waals surface area contributed by atoms with Crippen LogP contribution in [0.4, 0.5) is 0 Å². The quantitative estimate of drug-likeness (QED) is 0.171. The monoisotopic (exact) mass is 732 g/mol. The van der Waals surface area contributed by atoms with E-state index in [1.54, 1.807) is 0 Å². The first-order valence-corrected chi connectivity index (χ1v) is 19.6. The van der Waals surface area contributed by atoms with Gasteiger partial charge in [-0.1, -0.05) is 158 Å². The van der Waals surface area contributed by atoms with Gasteiger partial charge < -0.3 is 4.57 Å². The molecule has 11 rings (SSSR count). The van der Waals surface area contributed by atoms with Crippen LogP contribution in [0.2, 0.25) is 0 Å². The first kappa shape index (κ1) is 32.2. The van der Waals surface area contributed by atoms with E-state index in [1.165, 1.54) is 36.7 Å². The van der Waals surface area contributed by atoms with Crippen molar-refractivity contribution in [1.29, 1.82) is 0 Å². The van der Waals surface area contributed by atoms with Crippen molar-refractivity contribution < 1.29 is 0 Å². The van der Waals surface area contributed by atoms with Gasteiger partial charge in [0.15, 0.2) is 17.5 Å². The summed E-state index contributed by atoms with van der Waals surface area (Å²) in [5, 5.41) is 4.99. The lowest BCUT2D eigenvalue weighted by molar-refractivity contribution is 1.07. The lowest BCUT2D eigenvalue weighted by Crippen LogP contribution is -2.02. The van der Waals surface area contributed by atoms with Gasteiger partial charge in [-0.3, -0.25) is 0 Å². The molecule has 262 valence electrons. The Balaban J connectivity index is 0.985. The molecule has 0 aliphatic rings. The summed E-state index contributed by atoms with van der Waals surface area (Å²) < 4.78 is 4.97. The maximum Gasteiger partial charge on any atom is 0.166 e. The van der Waals surface area contributed by atoms with Crippen molar-refractivity contribution in [1.82, 2.24) is 19.5 Å². The van der Waals surface area contributed by atoms with Gasteiger partial charge in [-0.15, -0.1) is 11.3 Å². The Labute approximate surface area is 327 Å². The third-order valence-electron chi connectivity index (χ3n) is 10.7. The third-order valence-corrected chi connectivity index (χ3v) is 11.8. The summed E-state index contributed by atoms with van der Waals surface area (Å²) in [5.41, 5.74) is 10.8. The number of fused-ring (bicyclic) bond motifs is 6. The number of para-hydroxylation sites is 3. The molecular weight excluding hydrogens is 701 g/mol. The minimum Gasteiger partial charge on any atom is -0.309 e. The van der Waals surface area contributed by atoms with Crippen molar-refractivity contribution in [3.63, 3.8) is 0 Å².